The van der Waals surface area contributed by atoms with Crippen molar-refractivity contribution in [1.29, 1.82) is 0 Å². The van der Waals surface area contributed by atoms with Gasteiger partial charge in [-0.05, 0) is 69.1 Å². The maximum atomic E-state index is 4.04. The van der Waals surface area contributed by atoms with Gasteiger partial charge in [-0.3, -0.25) is 0 Å². The average Bonchev–Trinajstić information content (AvgIpc) is 3.10. The van der Waals surface area contributed by atoms with E-state index in [1.807, 2.05) is 6.08 Å². The predicted octanol–water partition coefficient (Wildman–Crippen LogP) is 8.71. The molecule has 1 aliphatic carbocycles. The molecule has 0 amide bonds. The van der Waals surface area contributed by atoms with Gasteiger partial charge in [0, 0.05) is 27.6 Å². The topological polar surface area (TPSA) is 4.93 Å². The Labute approximate surface area is 187 Å². The highest BCUT2D eigenvalue weighted by atomic mass is 15.0. The molecule has 0 unspecified atom stereocenters. The standard InChI is InChI=1S/C30H33N/c1-9-13-21-19(5)25(15-11-3)31-26(16-12-4)22(14-10-2)23-17-18-24-28(29(23)31)27(21)20(6)30(24,7)8/h9-18H,1H2,2-8H3/b14-10-,15-11-,16-12-,21-13-. The van der Waals surface area contributed by atoms with Crippen LogP contribution in [-0.2, 0) is 5.41 Å². The van der Waals surface area contributed by atoms with Gasteiger partial charge >= 0.3 is 0 Å². The zero-order valence-corrected chi connectivity index (χ0v) is 19.9. The molecule has 1 nitrogen and oxygen atoms in total. The molecule has 4 rings (SSSR count). The van der Waals surface area contributed by atoms with Gasteiger partial charge in [0.25, 0.3) is 0 Å². The summed E-state index contributed by atoms with van der Waals surface area (Å²) in [5.41, 5.74) is 13.2. The van der Waals surface area contributed by atoms with Crippen molar-refractivity contribution in [3.8, 4) is 0 Å². The number of nitrogens with zero attached hydrogens (tertiary/aromatic N) is 1. The lowest BCUT2D eigenvalue weighted by Gasteiger charge is -2.23. The van der Waals surface area contributed by atoms with E-state index in [4.69, 9.17) is 0 Å². The first-order valence-electron chi connectivity index (χ1n) is 11.2. The fourth-order valence-electron chi connectivity index (χ4n) is 5.32. The molecule has 0 radical (unpaired) electrons. The predicted molar refractivity (Wildman–Crippen MR) is 139 cm³/mol. The van der Waals surface area contributed by atoms with Crippen molar-refractivity contribution in [2.24, 2.45) is 0 Å². The van der Waals surface area contributed by atoms with E-state index >= 15 is 0 Å². The minimum absolute atomic E-state index is 0.00584. The zero-order chi connectivity index (χ0) is 22.5. The quantitative estimate of drug-likeness (QED) is 0.477. The van der Waals surface area contributed by atoms with Gasteiger partial charge < -0.3 is 4.57 Å². The lowest BCUT2D eigenvalue weighted by Crippen LogP contribution is -2.15. The van der Waals surface area contributed by atoms with Crippen molar-refractivity contribution in [2.75, 3.05) is 0 Å². The number of hydrogen-bond acceptors (Lipinski definition) is 0. The van der Waals surface area contributed by atoms with Gasteiger partial charge in [0.15, 0.2) is 0 Å². The molecule has 1 aromatic heterocycles. The van der Waals surface area contributed by atoms with Gasteiger partial charge in [-0.1, -0.05) is 74.6 Å². The van der Waals surface area contributed by atoms with Crippen LogP contribution in [0.5, 0.6) is 0 Å². The Kier molecular flexibility index (Phi) is 5.17. The number of benzene rings is 1. The molecule has 2 aliphatic rings. The summed E-state index contributed by atoms with van der Waals surface area (Å²) in [5.74, 6) is 0. The number of aromatic nitrogens is 1. The molecule has 1 aromatic carbocycles. The molecule has 0 atom stereocenters. The van der Waals surface area contributed by atoms with E-state index in [9.17, 15) is 0 Å². The highest BCUT2D eigenvalue weighted by Crippen LogP contribution is 2.55. The summed E-state index contributed by atoms with van der Waals surface area (Å²) in [5, 5.41) is 1.31. The SMILES string of the molecule is C=C/C=C1C(C)=C(/C=C\C)n2c(/C=C\C)c(/C=C\C)c3ccc4c(c32)C/1=C(C)C4(C)C. The first kappa shape index (κ1) is 21.2. The van der Waals surface area contributed by atoms with Crippen LogP contribution in [0.2, 0.25) is 0 Å². The number of hydrogen-bond donors (Lipinski definition) is 0. The highest BCUT2D eigenvalue weighted by molar-refractivity contribution is 6.11. The smallest absolute Gasteiger partial charge is 0.0622 e. The molecule has 1 heteroatoms. The van der Waals surface area contributed by atoms with Gasteiger partial charge in [-0.2, -0.15) is 0 Å². The van der Waals surface area contributed by atoms with Crippen LogP contribution in [0.4, 0.5) is 0 Å². The first-order valence-corrected chi connectivity index (χ1v) is 11.2. The summed E-state index contributed by atoms with van der Waals surface area (Å²) >= 11 is 0. The summed E-state index contributed by atoms with van der Waals surface area (Å²) in [7, 11) is 0. The Morgan fingerprint density at radius 1 is 0.935 bits per heavy atom. The molecule has 2 heterocycles. The summed E-state index contributed by atoms with van der Waals surface area (Å²) in [6.45, 7) is 19.6. The van der Waals surface area contributed by atoms with E-state index in [0.717, 1.165) is 0 Å². The number of rotatable bonds is 4. The largest absolute Gasteiger partial charge is 0.308 e. The molecule has 0 spiro atoms. The Bertz CT molecular complexity index is 1290. The van der Waals surface area contributed by atoms with Gasteiger partial charge in [0.1, 0.15) is 0 Å². The lowest BCUT2D eigenvalue weighted by molar-refractivity contribution is 0.639. The van der Waals surface area contributed by atoms with Crippen molar-refractivity contribution < 1.29 is 0 Å². The van der Waals surface area contributed by atoms with E-state index in [1.165, 1.54) is 61.3 Å². The van der Waals surface area contributed by atoms with Crippen molar-refractivity contribution in [3.05, 3.63) is 94.3 Å². The zero-order valence-electron chi connectivity index (χ0n) is 19.9. The summed E-state index contributed by atoms with van der Waals surface area (Å²) in [6.07, 6.45) is 17.3. The van der Waals surface area contributed by atoms with Crippen LogP contribution in [0.1, 0.15) is 70.9 Å². The van der Waals surface area contributed by atoms with Gasteiger partial charge in [-0.15, -0.1) is 0 Å². The molecule has 1 aliphatic heterocycles. The van der Waals surface area contributed by atoms with E-state index < -0.39 is 0 Å². The average molecular weight is 408 g/mol. The fourth-order valence-corrected chi connectivity index (χ4v) is 5.32. The van der Waals surface area contributed by atoms with Crippen molar-refractivity contribution in [2.45, 2.75) is 53.9 Å². The Morgan fingerprint density at radius 3 is 2.23 bits per heavy atom. The Morgan fingerprint density at radius 2 is 1.61 bits per heavy atom. The van der Waals surface area contributed by atoms with Crippen LogP contribution in [0, 0.1) is 0 Å². The Balaban J connectivity index is 2.38. The molecular weight excluding hydrogens is 374 g/mol. The third kappa shape index (κ3) is 2.76. The van der Waals surface area contributed by atoms with E-state index in [1.54, 1.807) is 0 Å². The maximum absolute atomic E-state index is 4.04. The molecule has 31 heavy (non-hydrogen) atoms. The first-order chi connectivity index (χ1) is 14.8. The van der Waals surface area contributed by atoms with Crippen LogP contribution in [0.25, 0.3) is 34.3 Å². The van der Waals surface area contributed by atoms with Gasteiger partial charge in [-0.25, -0.2) is 0 Å². The monoisotopic (exact) mass is 407 g/mol. The molecule has 2 aromatic rings. The molecule has 158 valence electrons. The van der Waals surface area contributed by atoms with Crippen LogP contribution < -0.4 is 0 Å². The third-order valence-corrected chi connectivity index (χ3v) is 7.01. The molecule has 0 saturated heterocycles. The second-order valence-electron chi connectivity index (χ2n) is 8.97. The summed E-state index contributed by atoms with van der Waals surface area (Å²) in [4.78, 5) is 0. The van der Waals surface area contributed by atoms with Crippen LogP contribution >= 0.6 is 0 Å². The molecule has 0 N–H and O–H groups in total. The van der Waals surface area contributed by atoms with E-state index in [2.05, 4.69) is 114 Å². The molecule has 0 bridgehead atoms. The Hall–Kier alpha value is -3.06. The second-order valence-corrected chi connectivity index (χ2v) is 8.97. The normalized spacial score (nSPS) is 19.3. The third-order valence-electron chi connectivity index (χ3n) is 7.01. The van der Waals surface area contributed by atoms with Gasteiger partial charge in [0.2, 0.25) is 0 Å². The lowest BCUT2D eigenvalue weighted by atomic mass is 9.81. The van der Waals surface area contributed by atoms with Crippen LogP contribution in [0.15, 0.2) is 71.9 Å². The molecule has 0 fully saturated rings. The van der Waals surface area contributed by atoms with E-state index in [-0.39, 0.29) is 5.41 Å². The van der Waals surface area contributed by atoms with Crippen LogP contribution in [0.3, 0.4) is 0 Å². The summed E-state index contributed by atoms with van der Waals surface area (Å²) < 4.78 is 2.48. The maximum Gasteiger partial charge on any atom is 0.0622 e. The van der Waals surface area contributed by atoms with Gasteiger partial charge in [0.05, 0.1) is 11.2 Å². The second kappa shape index (κ2) is 7.57. The van der Waals surface area contributed by atoms with E-state index in [0.29, 0.717) is 0 Å². The number of allylic oxidation sites excluding steroid dienone is 11. The van der Waals surface area contributed by atoms with Crippen molar-refractivity contribution in [3.63, 3.8) is 0 Å². The van der Waals surface area contributed by atoms with Crippen molar-refractivity contribution >= 4 is 34.3 Å². The highest BCUT2D eigenvalue weighted by Gasteiger charge is 2.40. The summed E-state index contributed by atoms with van der Waals surface area (Å²) in [6, 6.07) is 4.68. The minimum Gasteiger partial charge on any atom is -0.308 e. The molecular formula is C30H33N. The minimum atomic E-state index is -0.00584. The van der Waals surface area contributed by atoms with Crippen LogP contribution in [-0.4, -0.2) is 4.57 Å². The molecule has 0 saturated carbocycles. The fraction of sp³-hybridized carbons (Fsp3) is 0.267. The van der Waals surface area contributed by atoms with Crippen molar-refractivity contribution in [1.82, 2.24) is 4.57 Å².